The lowest BCUT2D eigenvalue weighted by molar-refractivity contribution is 0.289. The van der Waals surface area contributed by atoms with Crippen molar-refractivity contribution in [1.29, 1.82) is 0 Å². The zero-order valence-corrected chi connectivity index (χ0v) is 15.3. The first-order valence-corrected chi connectivity index (χ1v) is 10.0. The predicted octanol–water partition coefficient (Wildman–Crippen LogP) is 7.50. The molecule has 2 unspecified atom stereocenters. The Morgan fingerprint density at radius 1 is 0.750 bits per heavy atom. The first kappa shape index (κ1) is 17.5. The second-order valence-corrected chi connectivity index (χ2v) is 7.75. The second kappa shape index (κ2) is 9.28. The second-order valence-electron chi connectivity index (χ2n) is 7.22. The van der Waals surface area contributed by atoms with E-state index >= 15 is 0 Å². The van der Waals surface area contributed by atoms with Crippen LogP contribution in [0.2, 0.25) is 0 Å². The van der Waals surface area contributed by atoms with E-state index in [0.717, 1.165) is 12.3 Å². The van der Waals surface area contributed by atoms with Crippen molar-refractivity contribution in [2.45, 2.75) is 62.7 Å². The Labute approximate surface area is 152 Å². The van der Waals surface area contributed by atoms with E-state index < -0.39 is 0 Å². The van der Waals surface area contributed by atoms with Crippen molar-refractivity contribution in [3.05, 3.63) is 71.8 Å². The molecule has 1 saturated carbocycles. The third-order valence-corrected chi connectivity index (χ3v) is 6.05. The molecule has 0 bridgehead atoms. The van der Waals surface area contributed by atoms with Gasteiger partial charge in [0.15, 0.2) is 0 Å². The van der Waals surface area contributed by atoms with Crippen molar-refractivity contribution in [2.75, 3.05) is 0 Å². The van der Waals surface area contributed by atoms with Gasteiger partial charge in [-0.1, -0.05) is 86.3 Å². The van der Waals surface area contributed by atoms with Crippen LogP contribution in [0.3, 0.4) is 0 Å². The molecule has 1 heteroatoms. The van der Waals surface area contributed by atoms with Crippen molar-refractivity contribution in [1.82, 2.24) is 0 Å². The molecular weight excluding hydrogens is 312 g/mol. The summed E-state index contributed by atoms with van der Waals surface area (Å²) in [6.45, 7) is 0. The lowest BCUT2D eigenvalue weighted by Gasteiger charge is -2.31. The highest BCUT2D eigenvalue weighted by Gasteiger charge is 2.24. The number of rotatable bonds is 7. The van der Waals surface area contributed by atoms with Gasteiger partial charge in [-0.25, -0.2) is 0 Å². The highest BCUT2D eigenvalue weighted by Crippen LogP contribution is 2.40. The first-order valence-electron chi connectivity index (χ1n) is 9.58. The summed E-state index contributed by atoms with van der Waals surface area (Å²) in [6.07, 6.45) is 10.6. The molecule has 0 N–H and O–H groups in total. The lowest BCUT2D eigenvalue weighted by Crippen LogP contribution is -2.16. The standard InChI is InChI=1S/C23H29Cl/c24-23(21-15-8-3-9-16-21)18-10-17-22(19-11-4-1-5-12-19)20-13-6-2-7-14-20/h1,3-5,8-9,11-12,15-16,20,22-23H,2,6-7,10,13-14,17-18H2. The van der Waals surface area contributed by atoms with Gasteiger partial charge in [-0.15, -0.1) is 11.6 Å². The monoisotopic (exact) mass is 340 g/mol. The summed E-state index contributed by atoms with van der Waals surface area (Å²) < 4.78 is 0. The van der Waals surface area contributed by atoms with Gasteiger partial charge in [0.25, 0.3) is 0 Å². The van der Waals surface area contributed by atoms with E-state index in [2.05, 4.69) is 60.7 Å². The zero-order valence-electron chi connectivity index (χ0n) is 14.5. The van der Waals surface area contributed by atoms with E-state index in [0.29, 0.717) is 5.92 Å². The molecule has 2 aromatic carbocycles. The summed E-state index contributed by atoms with van der Waals surface area (Å²) in [6, 6.07) is 21.7. The molecule has 0 spiro atoms. The zero-order chi connectivity index (χ0) is 16.6. The van der Waals surface area contributed by atoms with Gasteiger partial charge in [0, 0.05) is 0 Å². The average Bonchev–Trinajstić information content (AvgIpc) is 2.67. The van der Waals surface area contributed by atoms with Gasteiger partial charge >= 0.3 is 0 Å². The van der Waals surface area contributed by atoms with Gasteiger partial charge in [-0.05, 0) is 48.6 Å². The van der Waals surface area contributed by atoms with Crippen LogP contribution in [0.15, 0.2) is 60.7 Å². The van der Waals surface area contributed by atoms with Crippen molar-refractivity contribution in [3.8, 4) is 0 Å². The Balaban J connectivity index is 1.59. The van der Waals surface area contributed by atoms with Crippen LogP contribution in [0.1, 0.15) is 73.8 Å². The number of benzene rings is 2. The van der Waals surface area contributed by atoms with E-state index in [1.54, 1.807) is 0 Å². The number of hydrogen-bond acceptors (Lipinski definition) is 0. The van der Waals surface area contributed by atoms with Crippen LogP contribution >= 0.6 is 11.6 Å². The molecule has 0 aliphatic heterocycles. The molecule has 128 valence electrons. The third-order valence-electron chi connectivity index (χ3n) is 5.58. The summed E-state index contributed by atoms with van der Waals surface area (Å²) in [5, 5.41) is 0.147. The fourth-order valence-electron chi connectivity index (χ4n) is 4.26. The van der Waals surface area contributed by atoms with Gasteiger partial charge in [0.05, 0.1) is 5.38 Å². The average molecular weight is 341 g/mol. The Kier molecular flexibility index (Phi) is 6.78. The third kappa shape index (κ3) is 4.86. The van der Waals surface area contributed by atoms with E-state index in [4.69, 9.17) is 11.6 Å². The van der Waals surface area contributed by atoms with Crippen molar-refractivity contribution >= 4 is 11.6 Å². The molecule has 0 saturated heterocycles. The lowest BCUT2D eigenvalue weighted by atomic mass is 9.74. The van der Waals surface area contributed by atoms with Crippen molar-refractivity contribution in [3.63, 3.8) is 0 Å². The molecule has 3 rings (SSSR count). The molecule has 2 atom stereocenters. The molecule has 1 aliphatic carbocycles. The molecule has 0 radical (unpaired) electrons. The molecule has 1 fully saturated rings. The first-order chi connectivity index (χ1) is 11.8. The van der Waals surface area contributed by atoms with Gasteiger partial charge in [-0.3, -0.25) is 0 Å². The molecule has 0 amide bonds. The van der Waals surface area contributed by atoms with E-state index in [9.17, 15) is 0 Å². The normalized spacial score (nSPS) is 18.2. The van der Waals surface area contributed by atoms with Gasteiger partial charge in [0.1, 0.15) is 0 Å². The molecule has 0 heterocycles. The minimum Gasteiger partial charge on any atom is -0.118 e. The van der Waals surface area contributed by atoms with Crippen molar-refractivity contribution < 1.29 is 0 Å². The largest absolute Gasteiger partial charge is 0.118 e. The smallest absolute Gasteiger partial charge is 0.0585 e. The molecule has 0 nitrogen and oxygen atoms in total. The van der Waals surface area contributed by atoms with Crippen LogP contribution < -0.4 is 0 Å². The maximum atomic E-state index is 6.62. The molecule has 24 heavy (non-hydrogen) atoms. The van der Waals surface area contributed by atoms with Crippen LogP contribution in [-0.4, -0.2) is 0 Å². The Hall–Kier alpha value is -1.27. The molecule has 0 aromatic heterocycles. The predicted molar refractivity (Wildman–Crippen MR) is 105 cm³/mol. The molecular formula is C23H29Cl. The summed E-state index contributed by atoms with van der Waals surface area (Å²) in [5.74, 6) is 1.58. The number of hydrogen-bond donors (Lipinski definition) is 0. The van der Waals surface area contributed by atoms with Crippen molar-refractivity contribution in [2.24, 2.45) is 5.92 Å². The Morgan fingerprint density at radius 3 is 1.96 bits per heavy atom. The highest BCUT2D eigenvalue weighted by atomic mass is 35.5. The van der Waals surface area contributed by atoms with E-state index in [-0.39, 0.29) is 5.38 Å². The Morgan fingerprint density at radius 2 is 1.33 bits per heavy atom. The maximum Gasteiger partial charge on any atom is 0.0585 e. The summed E-state index contributed by atoms with van der Waals surface area (Å²) in [5.41, 5.74) is 2.79. The minimum absolute atomic E-state index is 0.147. The minimum atomic E-state index is 0.147. The van der Waals surface area contributed by atoms with Crippen LogP contribution in [0.25, 0.3) is 0 Å². The van der Waals surface area contributed by atoms with Crippen LogP contribution in [0, 0.1) is 5.92 Å². The van der Waals surface area contributed by atoms with Gasteiger partial charge in [0.2, 0.25) is 0 Å². The van der Waals surface area contributed by atoms with Crippen LogP contribution in [0.4, 0.5) is 0 Å². The number of alkyl halides is 1. The highest BCUT2D eigenvalue weighted by molar-refractivity contribution is 6.20. The van der Waals surface area contributed by atoms with E-state index in [1.807, 2.05) is 0 Å². The summed E-state index contributed by atoms with van der Waals surface area (Å²) in [4.78, 5) is 0. The SMILES string of the molecule is ClC(CCCC(c1ccccc1)C1CCCCC1)c1ccccc1. The van der Waals surface area contributed by atoms with Crippen LogP contribution in [0.5, 0.6) is 0 Å². The fourth-order valence-corrected chi connectivity index (χ4v) is 4.56. The van der Waals surface area contributed by atoms with Crippen LogP contribution in [-0.2, 0) is 0 Å². The Bertz CT molecular complexity index is 571. The van der Waals surface area contributed by atoms with Gasteiger partial charge < -0.3 is 0 Å². The quantitative estimate of drug-likeness (QED) is 0.457. The summed E-state index contributed by atoms with van der Waals surface area (Å²) >= 11 is 6.62. The molecule has 2 aromatic rings. The maximum absolute atomic E-state index is 6.62. The topological polar surface area (TPSA) is 0 Å². The van der Waals surface area contributed by atoms with E-state index in [1.165, 1.54) is 56.1 Å². The molecule has 1 aliphatic rings. The summed E-state index contributed by atoms with van der Waals surface area (Å²) in [7, 11) is 0. The fraction of sp³-hybridized carbons (Fsp3) is 0.478. The van der Waals surface area contributed by atoms with Gasteiger partial charge in [-0.2, -0.15) is 0 Å². The number of halogens is 1.